The highest BCUT2D eigenvalue weighted by atomic mass is 31.1. The van der Waals surface area contributed by atoms with E-state index in [2.05, 4.69) is 13.8 Å². The van der Waals surface area contributed by atoms with E-state index in [4.69, 9.17) is 4.52 Å². The van der Waals surface area contributed by atoms with Crippen LogP contribution in [0.15, 0.2) is 0 Å². The average molecular weight is 178 g/mol. The van der Waals surface area contributed by atoms with Crippen LogP contribution in [0.5, 0.6) is 0 Å². The van der Waals surface area contributed by atoms with E-state index in [0.29, 0.717) is 12.5 Å². The molecule has 0 bridgehead atoms. The summed E-state index contributed by atoms with van der Waals surface area (Å²) in [5.74, 6) is 0.622. The summed E-state index contributed by atoms with van der Waals surface area (Å²) in [7, 11) is -1.00. The minimum atomic E-state index is -1.00. The third-order valence-corrected chi connectivity index (χ3v) is 2.27. The molecule has 0 saturated carbocycles. The molecule has 2 nitrogen and oxygen atoms in total. The molecule has 0 N–H and O–H groups in total. The van der Waals surface area contributed by atoms with Crippen LogP contribution in [0.25, 0.3) is 0 Å². The molecule has 2 atom stereocenters. The zero-order chi connectivity index (χ0) is 8.53. The summed E-state index contributed by atoms with van der Waals surface area (Å²) < 4.78 is 15.0. The highest BCUT2D eigenvalue weighted by molar-refractivity contribution is 7.17. The fraction of sp³-hybridized carbons (Fsp3) is 1.00. The van der Waals surface area contributed by atoms with Gasteiger partial charge in [-0.2, -0.15) is 0 Å². The molecule has 68 valence electrons. The van der Waals surface area contributed by atoms with Crippen molar-refractivity contribution < 1.29 is 9.09 Å². The molecule has 0 aromatic carbocycles. The van der Waals surface area contributed by atoms with Gasteiger partial charge in [-0.1, -0.05) is 33.1 Å². The van der Waals surface area contributed by atoms with Crippen molar-refractivity contribution in [1.29, 1.82) is 0 Å². The lowest BCUT2D eigenvalue weighted by atomic mass is 10.0. The predicted molar refractivity (Wildman–Crippen MR) is 49.7 cm³/mol. The van der Waals surface area contributed by atoms with Crippen LogP contribution >= 0.6 is 8.69 Å². The van der Waals surface area contributed by atoms with Gasteiger partial charge in [0.1, 0.15) is 0 Å². The molecule has 3 heteroatoms. The summed E-state index contributed by atoms with van der Waals surface area (Å²) in [5, 5.41) is 0. The third kappa shape index (κ3) is 6.58. The largest absolute Gasteiger partial charge is 0.332 e. The van der Waals surface area contributed by atoms with Crippen LogP contribution < -0.4 is 0 Å². The predicted octanol–water partition coefficient (Wildman–Crippen LogP) is 2.89. The van der Waals surface area contributed by atoms with Gasteiger partial charge in [-0.05, 0) is 12.3 Å². The van der Waals surface area contributed by atoms with Crippen LogP contribution in [0.4, 0.5) is 0 Å². The van der Waals surface area contributed by atoms with Gasteiger partial charge in [0.25, 0.3) is 0 Å². The molecular formula is C8H19O2P. The van der Waals surface area contributed by atoms with E-state index in [-0.39, 0.29) is 0 Å². The van der Waals surface area contributed by atoms with Crippen molar-refractivity contribution in [3.05, 3.63) is 0 Å². The van der Waals surface area contributed by atoms with Crippen LogP contribution in [0.1, 0.15) is 39.5 Å². The maximum atomic E-state index is 10.1. The van der Waals surface area contributed by atoms with Crippen LogP contribution in [0, 0.1) is 5.92 Å². The summed E-state index contributed by atoms with van der Waals surface area (Å²) >= 11 is 0. The van der Waals surface area contributed by atoms with E-state index in [1.165, 1.54) is 19.3 Å². The fourth-order valence-corrected chi connectivity index (χ4v) is 1.42. The van der Waals surface area contributed by atoms with Gasteiger partial charge in [-0.15, -0.1) is 0 Å². The summed E-state index contributed by atoms with van der Waals surface area (Å²) in [5.41, 5.74) is 0. The highest BCUT2D eigenvalue weighted by Crippen LogP contribution is 2.14. The highest BCUT2D eigenvalue weighted by Gasteiger charge is 2.04. The molecule has 0 spiro atoms. The van der Waals surface area contributed by atoms with Crippen molar-refractivity contribution in [1.82, 2.24) is 0 Å². The molecular weight excluding hydrogens is 159 g/mol. The molecule has 0 aliphatic carbocycles. The monoisotopic (exact) mass is 178 g/mol. The van der Waals surface area contributed by atoms with E-state index >= 15 is 0 Å². The van der Waals surface area contributed by atoms with Gasteiger partial charge in [0, 0.05) is 0 Å². The zero-order valence-corrected chi connectivity index (χ0v) is 8.66. The smallest absolute Gasteiger partial charge is 0.179 e. The summed E-state index contributed by atoms with van der Waals surface area (Å²) in [6.45, 7) is 5.03. The standard InChI is InChI=1S/C8H19O2P/c1-3-5-6-8(4-2)7-10-11-9/h8H,3-7,11H2,1-2H3. The molecule has 0 radical (unpaired) electrons. The topological polar surface area (TPSA) is 26.3 Å². The second kappa shape index (κ2) is 8.29. The van der Waals surface area contributed by atoms with E-state index in [9.17, 15) is 4.57 Å². The second-order valence-electron chi connectivity index (χ2n) is 2.85. The zero-order valence-electron chi connectivity index (χ0n) is 7.51. The Labute approximate surface area is 70.6 Å². The molecule has 0 aliphatic rings. The molecule has 0 aromatic rings. The average Bonchev–Trinajstić information content (AvgIpc) is 2.05. The van der Waals surface area contributed by atoms with Crippen molar-refractivity contribution in [2.24, 2.45) is 5.92 Å². The molecule has 0 amide bonds. The van der Waals surface area contributed by atoms with Crippen LogP contribution in [-0.4, -0.2) is 6.61 Å². The Balaban J connectivity index is 3.32. The van der Waals surface area contributed by atoms with Crippen molar-refractivity contribution in [3.63, 3.8) is 0 Å². The first kappa shape index (κ1) is 11.2. The van der Waals surface area contributed by atoms with E-state index in [1.54, 1.807) is 0 Å². The number of rotatable bonds is 7. The molecule has 11 heavy (non-hydrogen) atoms. The van der Waals surface area contributed by atoms with Crippen LogP contribution in [0.3, 0.4) is 0 Å². The maximum Gasteiger partial charge on any atom is 0.179 e. The second-order valence-corrected chi connectivity index (χ2v) is 3.37. The van der Waals surface area contributed by atoms with Gasteiger partial charge in [-0.3, -0.25) is 4.57 Å². The van der Waals surface area contributed by atoms with Gasteiger partial charge < -0.3 is 4.52 Å². The molecule has 0 saturated heterocycles. The van der Waals surface area contributed by atoms with Gasteiger partial charge >= 0.3 is 0 Å². The molecule has 0 heterocycles. The summed E-state index contributed by atoms with van der Waals surface area (Å²) in [4.78, 5) is 0. The van der Waals surface area contributed by atoms with E-state index in [0.717, 1.165) is 6.42 Å². The van der Waals surface area contributed by atoms with Crippen LogP contribution in [-0.2, 0) is 9.09 Å². The summed E-state index contributed by atoms with van der Waals surface area (Å²) in [6.07, 6.45) is 4.85. The van der Waals surface area contributed by atoms with E-state index < -0.39 is 8.69 Å². The Kier molecular flexibility index (Phi) is 8.43. The molecule has 0 fully saturated rings. The normalized spacial score (nSPS) is 14.4. The first-order chi connectivity index (χ1) is 5.35. The van der Waals surface area contributed by atoms with Crippen LogP contribution in [0.2, 0.25) is 0 Å². The lowest BCUT2D eigenvalue weighted by Gasteiger charge is -2.11. The van der Waals surface area contributed by atoms with Gasteiger partial charge in [0.2, 0.25) is 0 Å². The molecule has 2 unspecified atom stereocenters. The lowest BCUT2D eigenvalue weighted by Crippen LogP contribution is -2.04. The van der Waals surface area contributed by atoms with Gasteiger partial charge in [0.05, 0.1) is 6.61 Å². The Morgan fingerprint density at radius 3 is 2.64 bits per heavy atom. The molecule has 0 aromatic heterocycles. The van der Waals surface area contributed by atoms with Gasteiger partial charge in [-0.25, -0.2) is 0 Å². The van der Waals surface area contributed by atoms with Gasteiger partial charge in [0.15, 0.2) is 8.69 Å². The first-order valence-corrected chi connectivity index (χ1v) is 5.34. The quantitative estimate of drug-likeness (QED) is 0.560. The van der Waals surface area contributed by atoms with Crippen molar-refractivity contribution in [2.45, 2.75) is 39.5 Å². The van der Waals surface area contributed by atoms with E-state index in [1.807, 2.05) is 0 Å². The Bertz CT molecular complexity index is 96.1. The number of hydrogen-bond donors (Lipinski definition) is 0. The Morgan fingerprint density at radius 2 is 2.18 bits per heavy atom. The molecule has 0 rings (SSSR count). The molecule has 0 aliphatic heterocycles. The Morgan fingerprint density at radius 1 is 1.45 bits per heavy atom. The first-order valence-electron chi connectivity index (χ1n) is 4.40. The van der Waals surface area contributed by atoms with Crippen molar-refractivity contribution in [2.75, 3.05) is 6.61 Å². The number of unbranched alkanes of at least 4 members (excludes halogenated alkanes) is 1. The van der Waals surface area contributed by atoms with Crippen molar-refractivity contribution in [3.8, 4) is 0 Å². The minimum absolute atomic E-state index is 0.622. The lowest BCUT2D eigenvalue weighted by molar-refractivity contribution is 0.251. The maximum absolute atomic E-state index is 10.1. The fourth-order valence-electron chi connectivity index (χ4n) is 1.07. The Hall–Kier alpha value is 0.190. The number of hydrogen-bond acceptors (Lipinski definition) is 2. The minimum Gasteiger partial charge on any atom is -0.332 e. The third-order valence-electron chi connectivity index (χ3n) is 1.94. The summed E-state index contributed by atoms with van der Waals surface area (Å²) in [6, 6.07) is 0. The van der Waals surface area contributed by atoms with Crippen molar-refractivity contribution >= 4 is 8.69 Å². The SMILES string of the molecule is CCCCC(CC)CO[PH2]=O.